The molecule has 2 aromatic rings. The highest BCUT2D eigenvalue weighted by Gasteiger charge is 2.08. The van der Waals surface area contributed by atoms with Crippen molar-refractivity contribution in [3.8, 4) is 0 Å². The Bertz CT molecular complexity index is 555. The lowest BCUT2D eigenvalue weighted by Crippen LogP contribution is -2.38. The molecule has 0 bridgehead atoms. The van der Waals surface area contributed by atoms with Crippen molar-refractivity contribution in [1.29, 1.82) is 0 Å². The molecule has 2 N–H and O–H groups in total. The van der Waals surface area contributed by atoms with Gasteiger partial charge in [0.2, 0.25) is 5.89 Å². The molecule has 0 amide bonds. The average Bonchev–Trinajstić information content (AvgIpc) is 3.10. The molecule has 2 aromatic heterocycles. The molecule has 0 saturated heterocycles. The number of nitrogens with zero attached hydrogens (tertiary/aromatic N) is 3. The van der Waals surface area contributed by atoms with E-state index in [1.165, 1.54) is 4.88 Å². The average molecular weight is 421 g/mol. The number of thiophene rings is 1. The SMILES string of the molecule is CN=C(NCc1nc(C)no1)NCC(C)c1cccs1.I. The Balaban J connectivity index is 0.00000220. The second-order valence-electron chi connectivity index (χ2n) is 4.46. The number of hydrogen-bond donors (Lipinski definition) is 2. The Morgan fingerprint density at radius 2 is 2.29 bits per heavy atom. The fourth-order valence-electron chi connectivity index (χ4n) is 1.71. The first-order valence-corrected chi connectivity index (χ1v) is 7.34. The molecule has 0 aliphatic rings. The molecule has 0 aliphatic carbocycles. The zero-order valence-electron chi connectivity index (χ0n) is 12.3. The first kappa shape index (κ1) is 17.9. The molecule has 2 heterocycles. The van der Waals surface area contributed by atoms with Crippen LogP contribution in [0.25, 0.3) is 0 Å². The van der Waals surface area contributed by atoms with Gasteiger partial charge in [-0.3, -0.25) is 4.99 Å². The molecule has 21 heavy (non-hydrogen) atoms. The summed E-state index contributed by atoms with van der Waals surface area (Å²) in [5.74, 6) is 2.36. The minimum atomic E-state index is 0. The van der Waals surface area contributed by atoms with Crippen molar-refractivity contribution in [2.45, 2.75) is 26.3 Å². The monoisotopic (exact) mass is 421 g/mol. The van der Waals surface area contributed by atoms with Gasteiger partial charge in [0.15, 0.2) is 11.8 Å². The fraction of sp³-hybridized carbons (Fsp3) is 0.462. The van der Waals surface area contributed by atoms with Crippen molar-refractivity contribution in [2.75, 3.05) is 13.6 Å². The molecule has 1 unspecified atom stereocenters. The Hall–Kier alpha value is -1.16. The molecule has 2 rings (SSSR count). The number of guanidine groups is 1. The second-order valence-corrected chi connectivity index (χ2v) is 5.44. The van der Waals surface area contributed by atoms with Gasteiger partial charge in [-0.2, -0.15) is 4.98 Å². The third kappa shape index (κ3) is 5.62. The Labute approximate surface area is 145 Å². The van der Waals surface area contributed by atoms with Crippen LogP contribution >= 0.6 is 35.3 Å². The van der Waals surface area contributed by atoms with Gasteiger partial charge in [0, 0.05) is 24.4 Å². The van der Waals surface area contributed by atoms with E-state index in [1.54, 1.807) is 25.3 Å². The second kappa shape index (κ2) is 8.98. The molecule has 1 atom stereocenters. The summed E-state index contributed by atoms with van der Waals surface area (Å²) in [4.78, 5) is 9.66. The summed E-state index contributed by atoms with van der Waals surface area (Å²) >= 11 is 1.77. The van der Waals surface area contributed by atoms with E-state index in [-0.39, 0.29) is 24.0 Å². The molecule has 0 radical (unpaired) electrons. The van der Waals surface area contributed by atoms with Crippen LogP contribution in [0, 0.1) is 6.92 Å². The van der Waals surface area contributed by atoms with Crippen molar-refractivity contribution in [2.24, 2.45) is 4.99 Å². The first-order chi connectivity index (χ1) is 9.69. The molecule has 8 heteroatoms. The number of halogens is 1. The smallest absolute Gasteiger partial charge is 0.246 e. The van der Waals surface area contributed by atoms with Crippen molar-refractivity contribution >= 4 is 41.3 Å². The van der Waals surface area contributed by atoms with Gasteiger partial charge < -0.3 is 15.2 Å². The highest BCUT2D eigenvalue weighted by atomic mass is 127. The van der Waals surface area contributed by atoms with Crippen LogP contribution in [0.2, 0.25) is 0 Å². The van der Waals surface area contributed by atoms with Crippen molar-refractivity contribution in [3.63, 3.8) is 0 Å². The molecule has 0 aromatic carbocycles. The maximum Gasteiger partial charge on any atom is 0.246 e. The standard InChI is InChI=1S/C13H19N5OS.HI/c1-9(11-5-4-6-20-11)7-15-13(14-3)16-8-12-17-10(2)18-19-12;/h4-6,9H,7-8H2,1-3H3,(H2,14,15,16);1H. The van der Waals surface area contributed by atoms with Crippen LogP contribution in [-0.2, 0) is 6.54 Å². The maximum atomic E-state index is 5.04. The maximum absolute atomic E-state index is 5.04. The molecule has 0 saturated carbocycles. The number of nitrogens with one attached hydrogen (secondary N) is 2. The summed E-state index contributed by atoms with van der Waals surface area (Å²) in [6.45, 7) is 5.27. The van der Waals surface area contributed by atoms with Crippen LogP contribution in [-0.4, -0.2) is 29.7 Å². The number of aromatic nitrogens is 2. The summed E-state index contributed by atoms with van der Waals surface area (Å²) in [6, 6.07) is 4.22. The Morgan fingerprint density at radius 1 is 1.48 bits per heavy atom. The largest absolute Gasteiger partial charge is 0.356 e. The molecule has 0 spiro atoms. The normalized spacial score (nSPS) is 12.6. The van der Waals surface area contributed by atoms with Crippen LogP contribution in [0.15, 0.2) is 27.0 Å². The number of hydrogen-bond acceptors (Lipinski definition) is 5. The molecule has 6 nitrogen and oxygen atoms in total. The Morgan fingerprint density at radius 3 is 2.86 bits per heavy atom. The van der Waals surface area contributed by atoms with E-state index in [4.69, 9.17) is 4.52 Å². The van der Waals surface area contributed by atoms with Gasteiger partial charge >= 0.3 is 0 Å². The van der Waals surface area contributed by atoms with Crippen LogP contribution in [0.5, 0.6) is 0 Å². The van der Waals surface area contributed by atoms with Gasteiger partial charge in [-0.05, 0) is 18.4 Å². The van der Waals surface area contributed by atoms with Gasteiger partial charge in [0.25, 0.3) is 0 Å². The van der Waals surface area contributed by atoms with Crippen LogP contribution in [0.4, 0.5) is 0 Å². The van der Waals surface area contributed by atoms with Gasteiger partial charge in [-0.25, -0.2) is 0 Å². The molecule has 0 aliphatic heterocycles. The van der Waals surface area contributed by atoms with Crippen LogP contribution in [0.1, 0.15) is 29.4 Å². The predicted octanol–water partition coefficient (Wildman–Crippen LogP) is 2.53. The van der Waals surface area contributed by atoms with Gasteiger partial charge in [0.05, 0.1) is 6.54 Å². The first-order valence-electron chi connectivity index (χ1n) is 6.46. The number of rotatable bonds is 5. The lowest BCUT2D eigenvalue weighted by molar-refractivity contribution is 0.371. The summed E-state index contributed by atoms with van der Waals surface area (Å²) in [5.41, 5.74) is 0. The highest BCUT2D eigenvalue weighted by molar-refractivity contribution is 14.0. The van der Waals surface area contributed by atoms with Crippen molar-refractivity contribution in [3.05, 3.63) is 34.1 Å². The summed E-state index contributed by atoms with van der Waals surface area (Å²) in [6.07, 6.45) is 0. The summed E-state index contributed by atoms with van der Waals surface area (Å²) < 4.78 is 5.04. The highest BCUT2D eigenvalue weighted by Crippen LogP contribution is 2.19. The Kier molecular flexibility index (Phi) is 7.65. The van der Waals surface area contributed by atoms with Crippen LogP contribution in [0.3, 0.4) is 0 Å². The van der Waals surface area contributed by atoms with E-state index < -0.39 is 0 Å². The van der Waals surface area contributed by atoms with E-state index in [1.807, 2.05) is 0 Å². The van der Waals surface area contributed by atoms with E-state index in [0.29, 0.717) is 24.2 Å². The summed E-state index contributed by atoms with van der Waals surface area (Å²) in [5, 5.41) is 12.3. The molecular formula is C13H20IN5OS. The third-order valence-corrected chi connectivity index (χ3v) is 3.91. The van der Waals surface area contributed by atoms with E-state index in [9.17, 15) is 0 Å². The van der Waals surface area contributed by atoms with E-state index in [0.717, 1.165) is 12.5 Å². The van der Waals surface area contributed by atoms with Crippen LogP contribution < -0.4 is 10.6 Å². The predicted molar refractivity (Wildman–Crippen MR) is 95.4 cm³/mol. The molecule has 0 fully saturated rings. The zero-order chi connectivity index (χ0) is 14.4. The van der Waals surface area contributed by atoms with Gasteiger partial charge in [-0.15, -0.1) is 35.3 Å². The van der Waals surface area contributed by atoms with Crippen molar-refractivity contribution < 1.29 is 4.52 Å². The summed E-state index contributed by atoms with van der Waals surface area (Å²) in [7, 11) is 1.74. The van der Waals surface area contributed by atoms with Gasteiger partial charge in [-0.1, -0.05) is 18.1 Å². The fourth-order valence-corrected chi connectivity index (χ4v) is 2.50. The quantitative estimate of drug-likeness (QED) is 0.441. The minimum Gasteiger partial charge on any atom is -0.356 e. The number of aliphatic imine (C=N–C) groups is 1. The number of aryl methyl sites for hydroxylation is 1. The van der Waals surface area contributed by atoms with E-state index >= 15 is 0 Å². The lowest BCUT2D eigenvalue weighted by Gasteiger charge is -2.14. The minimum absolute atomic E-state index is 0. The molecular weight excluding hydrogens is 401 g/mol. The third-order valence-electron chi connectivity index (χ3n) is 2.80. The zero-order valence-corrected chi connectivity index (χ0v) is 15.4. The van der Waals surface area contributed by atoms with Gasteiger partial charge in [0.1, 0.15) is 0 Å². The van der Waals surface area contributed by atoms with Crippen molar-refractivity contribution in [1.82, 2.24) is 20.8 Å². The lowest BCUT2D eigenvalue weighted by atomic mass is 10.1. The van der Waals surface area contributed by atoms with E-state index in [2.05, 4.69) is 50.2 Å². The topological polar surface area (TPSA) is 75.3 Å². The molecule has 116 valence electrons.